The van der Waals surface area contributed by atoms with Gasteiger partial charge in [-0.3, -0.25) is 4.79 Å². The lowest BCUT2D eigenvalue weighted by Crippen LogP contribution is -2.45. The number of nitrogens with one attached hydrogen (secondary N) is 1. The summed E-state index contributed by atoms with van der Waals surface area (Å²) in [5.41, 5.74) is 4.68. The van der Waals surface area contributed by atoms with Crippen molar-refractivity contribution in [2.45, 2.75) is 51.0 Å². The maximum absolute atomic E-state index is 12.6. The number of carbonyl (C=O) groups excluding carboxylic acids is 1. The van der Waals surface area contributed by atoms with Gasteiger partial charge < -0.3 is 14.8 Å². The van der Waals surface area contributed by atoms with Crippen LogP contribution < -0.4 is 5.32 Å². The van der Waals surface area contributed by atoms with Crippen molar-refractivity contribution in [3.8, 4) is 0 Å². The van der Waals surface area contributed by atoms with Gasteiger partial charge in [0.1, 0.15) is 5.58 Å². The zero-order valence-corrected chi connectivity index (χ0v) is 14.5. The van der Waals surface area contributed by atoms with Gasteiger partial charge >= 0.3 is 0 Å². The van der Waals surface area contributed by atoms with Crippen molar-refractivity contribution in [3.05, 3.63) is 35.1 Å². The van der Waals surface area contributed by atoms with Gasteiger partial charge in [0.2, 0.25) is 5.91 Å². The summed E-state index contributed by atoms with van der Waals surface area (Å²) in [5, 5.41) is 14.0. The highest BCUT2D eigenvalue weighted by Gasteiger charge is 2.47. The molecule has 132 valence electrons. The molecule has 2 fully saturated rings. The van der Waals surface area contributed by atoms with Crippen molar-refractivity contribution < 1.29 is 14.3 Å². The predicted molar refractivity (Wildman–Crippen MR) is 95.3 cm³/mol. The van der Waals surface area contributed by atoms with Crippen LogP contribution in [-0.4, -0.2) is 23.7 Å². The van der Waals surface area contributed by atoms with Crippen molar-refractivity contribution in [2.75, 3.05) is 6.61 Å². The van der Waals surface area contributed by atoms with Crippen LogP contribution in [0.1, 0.15) is 42.4 Å². The van der Waals surface area contributed by atoms with Gasteiger partial charge in [-0.2, -0.15) is 0 Å². The molecule has 2 aromatic rings. The first kappa shape index (κ1) is 15.4. The molecule has 0 spiro atoms. The summed E-state index contributed by atoms with van der Waals surface area (Å²) in [6, 6.07) is 4.52. The molecule has 25 heavy (non-hydrogen) atoms. The van der Waals surface area contributed by atoms with Crippen LogP contribution in [0.15, 0.2) is 22.8 Å². The zero-order chi connectivity index (χ0) is 17.0. The van der Waals surface area contributed by atoms with Crippen LogP contribution in [0.2, 0.25) is 0 Å². The van der Waals surface area contributed by atoms with Crippen molar-refractivity contribution in [2.24, 2.45) is 17.8 Å². The van der Waals surface area contributed by atoms with Crippen molar-refractivity contribution in [1.29, 1.82) is 0 Å². The van der Waals surface area contributed by atoms with Crippen LogP contribution in [0.5, 0.6) is 0 Å². The number of aliphatic hydroxyl groups is 1. The Labute approximate surface area is 147 Å². The van der Waals surface area contributed by atoms with Gasteiger partial charge in [0, 0.05) is 29.5 Å². The highest BCUT2D eigenvalue weighted by molar-refractivity contribution is 5.88. The number of rotatable bonds is 4. The second kappa shape index (κ2) is 5.87. The fraction of sp³-hybridized carbons (Fsp3) is 0.571. The number of fused-ring (bicyclic) bond motifs is 4. The average molecular weight is 339 g/mol. The summed E-state index contributed by atoms with van der Waals surface area (Å²) in [6.45, 7) is 0.187. The molecular weight excluding hydrogens is 314 g/mol. The normalized spacial score (nSPS) is 30.1. The first-order valence-electron chi connectivity index (χ1n) is 9.65. The third kappa shape index (κ3) is 2.50. The van der Waals surface area contributed by atoms with E-state index in [1.165, 1.54) is 30.4 Å². The molecule has 2 saturated carbocycles. The van der Waals surface area contributed by atoms with Crippen LogP contribution in [0.3, 0.4) is 0 Å². The fourth-order valence-electron chi connectivity index (χ4n) is 5.59. The molecular formula is C21H25NO3. The molecule has 0 radical (unpaired) electrons. The highest BCUT2D eigenvalue weighted by atomic mass is 16.3. The molecule has 4 nitrogen and oxygen atoms in total. The van der Waals surface area contributed by atoms with Crippen LogP contribution >= 0.6 is 0 Å². The van der Waals surface area contributed by atoms with Crippen LogP contribution in [0, 0.1) is 17.8 Å². The molecule has 4 atom stereocenters. The SMILES string of the molecule is O=C(Cc1coc2cc3c(cc12)CCC3)N[C@H]1[C@H]2CC[C@@H](C2)[C@H]1CO. The second-order valence-electron chi connectivity index (χ2n) is 8.18. The molecule has 3 aliphatic carbocycles. The Balaban J connectivity index is 1.33. The molecule has 5 rings (SSSR count). The molecule has 4 heteroatoms. The van der Waals surface area contributed by atoms with E-state index in [9.17, 15) is 9.90 Å². The molecule has 3 aliphatic rings. The third-order valence-corrected chi connectivity index (χ3v) is 6.85. The first-order valence-corrected chi connectivity index (χ1v) is 9.65. The number of hydrogen-bond acceptors (Lipinski definition) is 3. The standard InChI is InChI=1S/C21H25NO3/c23-10-18-14-4-5-15(6-14)21(18)22-20(24)9-16-11-25-19-8-13-3-1-2-12(13)7-17(16)19/h7-8,11,14-15,18,21,23H,1-6,9-10H2,(H,22,24)/t14-,15-,18+,21-/m0/s1. The number of hydrogen-bond donors (Lipinski definition) is 2. The number of aliphatic hydroxyl groups excluding tert-OH is 1. The molecule has 1 amide bonds. The predicted octanol–water partition coefficient (Wildman–Crippen LogP) is 2.99. The van der Waals surface area contributed by atoms with E-state index in [0.717, 1.165) is 35.8 Å². The van der Waals surface area contributed by atoms with E-state index >= 15 is 0 Å². The quantitative estimate of drug-likeness (QED) is 0.900. The minimum atomic E-state index is 0.0548. The molecule has 0 saturated heterocycles. The summed E-state index contributed by atoms with van der Waals surface area (Å²) < 4.78 is 5.72. The maximum Gasteiger partial charge on any atom is 0.224 e. The lowest BCUT2D eigenvalue weighted by molar-refractivity contribution is -0.122. The minimum absolute atomic E-state index is 0.0548. The van der Waals surface area contributed by atoms with Gasteiger partial charge in [-0.1, -0.05) is 0 Å². The summed E-state index contributed by atoms with van der Waals surface area (Å²) >= 11 is 0. The van der Waals surface area contributed by atoms with Crippen LogP contribution in [-0.2, 0) is 24.1 Å². The smallest absolute Gasteiger partial charge is 0.224 e. The Kier molecular flexibility index (Phi) is 3.63. The van der Waals surface area contributed by atoms with Gasteiger partial charge in [-0.25, -0.2) is 0 Å². The van der Waals surface area contributed by atoms with Gasteiger partial charge in [-0.05, 0) is 73.6 Å². The summed E-state index contributed by atoms with van der Waals surface area (Å²) in [7, 11) is 0. The van der Waals surface area contributed by atoms with Crippen LogP contribution in [0.25, 0.3) is 11.0 Å². The lowest BCUT2D eigenvalue weighted by atomic mass is 9.85. The summed E-state index contributed by atoms with van der Waals surface area (Å²) in [4.78, 5) is 12.6. The summed E-state index contributed by atoms with van der Waals surface area (Å²) in [5.74, 6) is 1.44. The Bertz CT molecular complexity index is 824. The largest absolute Gasteiger partial charge is 0.464 e. The second-order valence-corrected chi connectivity index (χ2v) is 8.18. The van der Waals surface area contributed by atoms with E-state index in [-0.39, 0.29) is 24.5 Å². The van der Waals surface area contributed by atoms with Crippen molar-refractivity contribution >= 4 is 16.9 Å². The van der Waals surface area contributed by atoms with Crippen molar-refractivity contribution in [3.63, 3.8) is 0 Å². The molecule has 1 aromatic heterocycles. The molecule has 2 N–H and O–H groups in total. The van der Waals surface area contributed by atoms with E-state index in [0.29, 0.717) is 18.3 Å². The number of carbonyl (C=O) groups is 1. The number of amides is 1. The van der Waals surface area contributed by atoms with E-state index in [2.05, 4.69) is 17.4 Å². The Hall–Kier alpha value is -1.81. The monoisotopic (exact) mass is 339 g/mol. The Morgan fingerprint density at radius 3 is 2.84 bits per heavy atom. The average Bonchev–Trinajstić information content (AvgIpc) is 3.36. The zero-order valence-electron chi connectivity index (χ0n) is 14.5. The summed E-state index contributed by atoms with van der Waals surface area (Å²) in [6.07, 6.45) is 9.13. The highest BCUT2D eigenvalue weighted by Crippen LogP contribution is 2.48. The number of benzene rings is 1. The topological polar surface area (TPSA) is 62.5 Å². The molecule has 0 aliphatic heterocycles. The molecule has 1 heterocycles. The third-order valence-electron chi connectivity index (χ3n) is 6.85. The Morgan fingerprint density at radius 1 is 1.20 bits per heavy atom. The minimum Gasteiger partial charge on any atom is -0.464 e. The fourth-order valence-corrected chi connectivity index (χ4v) is 5.59. The van der Waals surface area contributed by atoms with E-state index in [1.807, 2.05) is 0 Å². The van der Waals surface area contributed by atoms with E-state index in [1.54, 1.807) is 6.26 Å². The first-order chi connectivity index (χ1) is 12.2. The molecule has 1 aromatic carbocycles. The van der Waals surface area contributed by atoms with E-state index in [4.69, 9.17) is 4.42 Å². The van der Waals surface area contributed by atoms with Crippen LogP contribution in [0.4, 0.5) is 0 Å². The maximum atomic E-state index is 12.6. The molecule has 2 bridgehead atoms. The Morgan fingerprint density at radius 2 is 2.00 bits per heavy atom. The van der Waals surface area contributed by atoms with Crippen molar-refractivity contribution in [1.82, 2.24) is 5.32 Å². The van der Waals surface area contributed by atoms with Gasteiger partial charge in [0.15, 0.2) is 0 Å². The lowest BCUT2D eigenvalue weighted by Gasteiger charge is -2.30. The molecule has 0 unspecified atom stereocenters. The number of furan rings is 1. The van der Waals surface area contributed by atoms with Gasteiger partial charge in [0.25, 0.3) is 0 Å². The van der Waals surface area contributed by atoms with Gasteiger partial charge in [-0.15, -0.1) is 0 Å². The van der Waals surface area contributed by atoms with E-state index < -0.39 is 0 Å². The van der Waals surface area contributed by atoms with Gasteiger partial charge in [0.05, 0.1) is 12.7 Å². The number of aryl methyl sites for hydroxylation is 2.